The van der Waals surface area contributed by atoms with Gasteiger partial charge >= 0.3 is 11.9 Å². The van der Waals surface area contributed by atoms with Crippen LogP contribution in [-0.2, 0) is 31.9 Å². The van der Waals surface area contributed by atoms with Crippen LogP contribution in [0.3, 0.4) is 0 Å². The summed E-state index contributed by atoms with van der Waals surface area (Å²) >= 11 is 0. The highest BCUT2D eigenvalue weighted by atomic mass is 16.6. The summed E-state index contributed by atoms with van der Waals surface area (Å²) in [4.78, 5) is 22.9. The lowest BCUT2D eigenvalue weighted by Crippen LogP contribution is -2.16. The van der Waals surface area contributed by atoms with E-state index in [1.165, 1.54) is 43.2 Å². The van der Waals surface area contributed by atoms with Gasteiger partial charge in [-0.15, -0.1) is 0 Å². The Hall–Kier alpha value is -2.88. The molecule has 2 saturated carbocycles. The fourth-order valence-corrected chi connectivity index (χ4v) is 8.39. The number of hydrogen-bond acceptors (Lipinski definition) is 4. The monoisotopic (exact) mass is 598 g/mol. The molecule has 6 rings (SSSR count). The molecule has 2 heterocycles. The van der Waals surface area contributed by atoms with Crippen molar-refractivity contribution in [3.63, 3.8) is 0 Å². The van der Waals surface area contributed by atoms with E-state index in [0.29, 0.717) is 54.3 Å². The third-order valence-corrected chi connectivity index (χ3v) is 11.1. The molecule has 0 spiro atoms. The maximum absolute atomic E-state index is 11.5. The number of fused-ring (bicyclic) bond motifs is 2. The normalized spacial score (nSPS) is 32.0. The van der Waals surface area contributed by atoms with Crippen molar-refractivity contribution in [1.29, 1.82) is 0 Å². The Morgan fingerprint density at radius 1 is 0.727 bits per heavy atom. The first-order chi connectivity index (χ1) is 21.3. The molecule has 0 N–H and O–H groups in total. The van der Waals surface area contributed by atoms with Crippen molar-refractivity contribution in [3.8, 4) is 0 Å². The van der Waals surface area contributed by atoms with Crippen molar-refractivity contribution in [2.24, 2.45) is 47.3 Å². The Kier molecular flexibility index (Phi) is 11.4. The molecule has 4 heteroatoms. The van der Waals surface area contributed by atoms with Crippen LogP contribution in [0.5, 0.6) is 0 Å². The number of carbonyl (C=O) groups is 2. The van der Waals surface area contributed by atoms with Crippen molar-refractivity contribution < 1.29 is 19.1 Å². The number of benzene rings is 2. The minimum Gasteiger partial charge on any atom is -0.462 e. The highest BCUT2D eigenvalue weighted by Crippen LogP contribution is 2.47. The Bertz CT molecular complexity index is 1220. The van der Waals surface area contributed by atoms with Crippen molar-refractivity contribution in [2.75, 3.05) is 0 Å². The molecule has 2 aliphatic carbocycles. The molecule has 2 aromatic carbocycles. The third-order valence-electron chi connectivity index (χ3n) is 11.1. The van der Waals surface area contributed by atoms with Gasteiger partial charge in [0.05, 0.1) is 12.8 Å². The lowest BCUT2D eigenvalue weighted by atomic mass is 9.82. The molecule has 44 heavy (non-hydrogen) atoms. The van der Waals surface area contributed by atoms with Gasteiger partial charge in [0.15, 0.2) is 0 Å². The van der Waals surface area contributed by atoms with Crippen LogP contribution in [-0.4, -0.2) is 24.1 Å². The number of rotatable bonds is 11. The van der Waals surface area contributed by atoms with Crippen LogP contribution in [0.15, 0.2) is 72.8 Å². The van der Waals surface area contributed by atoms with Crippen molar-refractivity contribution >= 4 is 11.9 Å². The van der Waals surface area contributed by atoms with Gasteiger partial charge in [-0.1, -0.05) is 107 Å². The lowest BCUT2D eigenvalue weighted by molar-refractivity contribution is -0.142. The number of hydrogen-bond donors (Lipinski definition) is 0. The van der Waals surface area contributed by atoms with Gasteiger partial charge in [0.2, 0.25) is 0 Å². The summed E-state index contributed by atoms with van der Waals surface area (Å²) in [6.07, 6.45) is 15.8. The third kappa shape index (κ3) is 8.64. The van der Waals surface area contributed by atoms with E-state index < -0.39 is 0 Å². The first kappa shape index (κ1) is 32.5. The molecule has 4 nitrogen and oxygen atoms in total. The van der Waals surface area contributed by atoms with Crippen LogP contribution in [0.25, 0.3) is 0 Å². The van der Waals surface area contributed by atoms with Crippen molar-refractivity contribution in [2.45, 2.75) is 104 Å². The SMILES string of the molecule is CC(/C=C/[C@@H]1[C@H]2CC(=O)O[C@H]2C[C@H]1C)CCc1ccccc1.CC(CCc1ccccc1)CC[C@@H]1[C@H]2CC(=O)O[C@H]2C[C@H]1C. The van der Waals surface area contributed by atoms with Gasteiger partial charge in [-0.2, -0.15) is 0 Å². The predicted molar refractivity (Wildman–Crippen MR) is 177 cm³/mol. The van der Waals surface area contributed by atoms with E-state index in [2.05, 4.69) is 101 Å². The summed E-state index contributed by atoms with van der Waals surface area (Å²) in [7, 11) is 0. The predicted octanol–water partition coefficient (Wildman–Crippen LogP) is 9.02. The molecule has 4 aliphatic rings. The maximum Gasteiger partial charge on any atom is 0.306 e. The van der Waals surface area contributed by atoms with Crippen LogP contribution >= 0.6 is 0 Å². The summed E-state index contributed by atoms with van der Waals surface area (Å²) in [5, 5.41) is 0. The van der Waals surface area contributed by atoms with Gasteiger partial charge in [0.25, 0.3) is 0 Å². The Balaban J connectivity index is 0.000000175. The summed E-state index contributed by atoms with van der Waals surface area (Å²) in [6.45, 7) is 9.28. The van der Waals surface area contributed by atoms with Gasteiger partial charge in [0.1, 0.15) is 12.2 Å². The number of aryl methyl sites for hydroxylation is 2. The van der Waals surface area contributed by atoms with Gasteiger partial charge in [0, 0.05) is 11.8 Å². The Morgan fingerprint density at radius 3 is 1.91 bits per heavy atom. The summed E-state index contributed by atoms with van der Waals surface area (Å²) < 4.78 is 10.9. The molecule has 0 bridgehead atoms. The standard InChI is InChI=1S/C20H28O2.C20H26O2/c2*1-14(8-10-16-6-4-3-5-7-16)9-11-17-15(2)12-19-18(17)13-20(21)22-19/h3-7,14-15,17-19H,8-13H2,1-2H3;3-7,9,11,14-15,17-19H,8,10,12-13H2,1-2H3/b;11-9+/t2*14?,15-,17+,18-,19+/m11/s1. The molecule has 4 fully saturated rings. The first-order valence-electron chi connectivity index (χ1n) is 17.4. The highest BCUT2D eigenvalue weighted by molar-refractivity contribution is 5.72. The van der Waals surface area contributed by atoms with Crippen LogP contribution in [0, 0.1) is 47.3 Å². The van der Waals surface area contributed by atoms with E-state index in [9.17, 15) is 9.59 Å². The smallest absolute Gasteiger partial charge is 0.306 e. The lowest BCUT2D eigenvalue weighted by Gasteiger charge is -2.22. The minimum atomic E-state index is -0.00238. The number of allylic oxidation sites excluding steroid dienone is 2. The topological polar surface area (TPSA) is 52.6 Å². The van der Waals surface area contributed by atoms with Crippen molar-refractivity contribution in [3.05, 3.63) is 83.9 Å². The molecule has 238 valence electrons. The molecular weight excluding hydrogens is 544 g/mol. The molecule has 2 aromatic rings. The molecule has 2 saturated heterocycles. The fourth-order valence-electron chi connectivity index (χ4n) is 8.39. The number of carbonyl (C=O) groups excluding carboxylic acids is 2. The minimum absolute atomic E-state index is 0.00238. The van der Waals surface area contributed by atoms with E-state index in [-0.39, 0.29) is 24.1 Å². The van der Waals surface area contributed by atoms with Gasteiger partial charge in [-0.25, -0.2) is 0 Å². The summed E-state index contributed by atoms with van der Waals surface area (Å²) in [5.74, 6) is 4.82. The first-order valence-corrected chi connectivity index (χ1v) is 17.4. The van der Waals surface area contributed by atoms with E-state index in [1.54, 1.807) is 0 Å². The average molecular weight is 599 g/mol. The number of esters is 2. The van der Waals surface area contributed by atoms with Crippen LogP contribution in [0.4, 0.5) is 0 Å². The maximum atomic E-state index is 11.5. The summed E-state index contributed by atoms with van der Waals surface area (Å²) in [6, 6.07) is 21.4. The van der Waals surface area contributed by atoms with Crippen molar-refractivity contribution in [1.82, 2.24) is 0 Å². The summed E-state index contributed by atoms with van der Waals surface area (Å²) in [5.41, 5.74) is 2.85. The van der Waals surface area contributed by atoms with Crippen LogP contribution in [0.2, 0.25) is 0 Å². The van der Waals surface area contributed by atoms with Gasteiger partial charge in [-0.3, -0.25) is 9.59 Å². The van der Waals surface area contributed by atoms with Crippen LogP contribution < -0.4 is 0 Å². The molecule has 0 aromatic heterocycles. The average Bonchev–Trinajstić information content (AvgIpc) is 3.72. The Morgan fingerprint density at radius 2 is 1.27 bits per heavy atom. The van der Waals surface area contributed by atoms with Gasteiger partial charge in [-0.05, 0) is 91.6 Å². The number of ether oxygens (including phenoxy) is 2. The van der Waals surface area contributed by atoms with Crippen LogP contribution in [0.1, 0.15) is 90.2 Å². The zero-order chi connectivity index (χ0) is 31.1. The molecule has 0 radical (unpaired) electrons. The fraction of sp³-hybridized carbons (Fsp3) is 0.600. The van der Waals surface area contributed by atoms with Gasteiger partial charge < -0.3 is 9.47 Å². The molecule has 0 amide bonds. The molecular formula is C40H54O4. The highest BCUT2D eigenvalue weighted by Gasteiger charge is 2.48. The second-order valence-electron chi connectivity index (χ2n) is 14.6. The van der Waals surface area contributed by atoms with E-state index in [4.69, 9.17) is 9.47 Å². The molecule has 2 aliphatic heterocycles. The second kappa shape index (κ2) is 15.4. The Labute approximate surface area is 266 Å². The van der Waals surface area contributed by atoms with E-state index >= 15 is 0 Å². The molecule has 10 atom stereocenters. The quantitative estimate of drug-likeness (QED) is 0.191. The largest absolute Gasteiger partial charge is 0.462 e. The molecule has 2 unspecified atom stereocenters. The zero-order valence-electron chi connectivity index (χ0n) is 27.4. The second-order valence-corrected chi connectivity index (χ2v) is 14.6. The van der Waals surface area contributed by atoms with E-state index in [1.807, 2.05) is 0 Å². The van der Waals surface area contributed by atoms with E-state index in [0.717, 1.165) is 25.2 Å². The zero-order valence-corrected chi connectivity index (χ0v) is 27.4.